The van der Waals surface area contributed by atoms with Crippen LogP contribution >= 0.6 is 11.8 Å². The molecule has 0 atom stereocenters. The molecule has 0 radical (unpaired) electrons. The molecule has 1 aliphatic rings. The molecule has 3 heterocycles. The van der Waals surface area contributed by atoms with Gasteiger partial charge in [0, 0.05) is 42.6 Å². The maximum absolute atomic E-state index is 2.49. The Hall–Kier alpha value is -4.73. The number of benzene rings is 6. The summed E-state index contributed by atoms with van der Waals surface area (Å²) in [5.74, 6) is 0. The zero-order valence-electron chi connectivity index (χ0n) is 21.0. The van der Waals surface area contributed by atoms with E-state index in [9.17, 15) is 0 Å². The predicted octanol–water partition coefficient (Wildman–Crippen LogP) is 10.0. The summed E-state index contributed by atoms with van der Waals surface area (Å²) in [6, 6.07) is 48.7. The Morgan fingerprint density at radius 1 is 0.410 bits per heavy atom. The monoisotopic (exact) mass is 514 g/mol. The molecule has 0 unspecified atom stereocenters. The van der Waals surface area contributed by atoms with Gasteiger partial charge in [-0.3, -0.25) is 0 Å². The maximum atomic E-state index is 2.49. The number of nitrogens with zero attached hydrogens (tertiary/aromatic N) is 2. The minimum Gasteiger partial charge on any atom is -0.309 e. The molecule has 0 spiro atoms. The lowest BCUT2D eigenvalue weighted by Crippen LogP contribution is -2.04. The first-order chi connectivity index (χ1) is 19.4. The van der Waals surface area contributed by atoms with Crippen LogP contribution in [-0.2, 0) is 0 Å². The van der Waals surface area contributed by atoms with E-state index in [1.54, 1.807) is 0 Å². The van der Waals surface area contributed by atoms with Gasteiger partial charge in [-0.2, -0.15) is 0 Å². The van der Waals surface area contributed by atoms with Gasteiger partial charge in [-0.1, -0.05) is 103 Å². The molecule has 0 fully saturated rings. The summed E-state index contributed by atoms with van der Waals surface area (Å²) in [5.41, 5.74) is 9.97. The molecule has 3 heteroatoms. The van der Waals surface area contributed by atoms with Crippen molar-refractivity contribution in [2.24, 2.45) is 0 Å². The van der Waals surface area contributed by atoms with E-state index in [0.29, 0.717) is 0 Å². The smallest absolute Gasteiger partial charge is 0.0681 e. The van der Waals surface area contributed by atoms with Crippen molar-refractivity contribution in [2.45, 2.75) is 9.79 Å². The molecule has 0 saturated carbocycles. The number of para-hydroxylation sites is 5. The van der Waals surface area contributed by atoms with Gasteiger partial charge in [0.1, 0.15) is 0 Å². The lowest BCUT2D eigenvalue weighted by molar-refractivity contribution is 1.09. The Morgan fingerprint density at radius 3 is 1.64 bits per heavy atom. The number of rotatable bonds is 2. The lowest BCUT2D eigenvalue weighted by atomic mass is 10.0. The fourth-order valence-electron chi connectivity index (χ4n) is 6.48. The minimum atomic E-state index is 1.18. The molecule has 0 bridgehead atoms. The average Bonchev–Trinajstić information content (AvgIpc) is 3.52. The highest BCUT2D eigenvalue weighted by molar-refractivity contribution is 7.99. The van der Waals surface area contributed by atoms with Gasteiger partial charge in [-0.25, -0.2) is 0 Å². The second kappa shape index (κ2) is 7.89. The SMILES string of the molecule is c1cc2c(c(-c3ccc(-n4c5ccccc5c5ccccc54)cc3)c1)-n1c3ccccc3c3cccc(c31)S2. The fraction of sp³-hybridized carbons (Fsp3) is 0. The highest BCUT2D eigenvalue weighted by atomic mass is 32.2. The summed E-state index contributed by atoms with van der Waals surface area (Å²) in [5, 5.41) is 5.19. The van der Waals surface area contributed by atoms with Crippen molar-refractivity contribution in [2.75, 3.05) is 0 Å². The zero-order chi connectivity index (χ0) is 25.5. The first-order valence-electron chi connectivity index (χ1n) is 13.3. The molecule has 6 aromatic carbocycles. The number of hydrogen-bond donors (Lipinski definition) is 0. The van der Waals surface area contributed by atoms with Crippen molar-refractivity contribution in [3.8, 4) is 22.5 Å². The van der Waals surface area contributed by atoms with E-state index >= 15 is 0 Å². The van der Waals surface area contributed by atoms with Crippen LogP contribution in [0.1, 0.15) is 0 Å². The van der Waals surface area contributed by atoms with Crippen molar-refractivity contribution < 1.29 is 0 Å². The zero-order valence-corrected chi connectivity index (χ0v) is 21.8. The molecule has 39 heavy (non-hydrogen) atoms. The summed E-state index contributed by atoms with van der Waals surface area (Å²) in [6.07, 6.45) is 0. The Balaban J connectivity index is 1.27. The lowest BCUT2D eigenvalue weighted by Gasteiger charge is -2.23. The summed E-state index contributed by atoms with van der Waals surface area (Å²) in [4.78, 5) is 2.61. The molecule has 0 N–H and O–H groups in total. The number of aromatic nitrogens is 2. The second-order valence-electron chi connectivity index (χ2n) is 10.2. The van der Waals surface area contributed by atoms with Gasteiger partial charge in [-0.15, -0.1) is 0 Å². The Kier molecular flexibility index (Phi) is 4.29. The summed E-state index contributed by atoms with van der Waals surface area (Å²) in [7, 11) is 0. The van der Waals surface area contributed by atoms with Crippen molar-refractivity contribution in [3.05, 3.63) is 133 Å². The molecule has 182 valence electrons. The van der Waals surface area contributed by atoms with Crippen molar-refractivity contribution >= 4 is 55.4 Å². The summed E-state index contributed by atoms with van der Waals surface area (Å²) in [6.45, 7) is 0. The largest absolute Gasteiger partial charge is 0.309 e. The molecule has 8 aromatic rings. The van der Waals surface area contributed by atoms with E-state index in [1.165, 1.54) is 75.9 Å². The normalized spacial score (nSPS) is 12.5. The molecule has 0 aliphatic carbocycles. The van der Waals surface area contributed by atoms with Gasteiger partial charge in [0.15, 0.2) is 0 Å². The topological polar surface area (TPSA) is 9.86 Å². The fourth-order valence-corrected chi connectivity index (χ4v) is 7.61. The summed E-state index contributed by atoms with van der Waals surface area (Å²) >= 11 is 1.88. The van der Waals surface area contributed by atoms with Crippen LogP contribution in [0.5, 0.6) is 0 Å². The van der Waals surface area contributed by atoms with E-state index in [4.69, 9.17) is 0 Å². The molecule has 2 aromatic heterocycles. The van der Waals surface area contributed by atoms with Gasteiger partial charge in [0.25, 0.3) is 0 Å². The first-order valence-corrected chi connectivity index (χ1v) is 14.1. The highest BCUT2D eigenvalue weighted by Gasteiger charge is 2.25. The summed E-state index contributed by atoms with van der Waals surface area (Å²) < 4.78 is 4.87. The van der Waals surface area contributed by atoms with E-state index in [-0.39, 0.29) is 0 Å². The van der Waals surface area contributed by atoms with E-state index in [1.807, 2.05) is 11.8 Å². The standard InChI is InChI=1S/C36H22N2S/c1-4-14-30-26(9-1)27-10-2-5-15-31(27)37(30)24-21-19-23(20-22-24)25-12-7-17-33-35(25)38-32-16-6-3-11-28(32)29-13-8-18-34(39-33)36(29)38/h1-22H. The molecule has 0 saturated heterocycles. The van der Waals surface area contributed by atoms with Gasteiger partial charge in [-0.05, 0) is 48.0 Å². The molecule has 1 aliphatic heterocycles. The number of hydrogen-bond acceptors (Lipinski definition) is 1. The van der Waals surface area contributed by atoms with Crippen molar-refractivity contribution in [3.63, 3.8) is 0 Å². The van der Waals surface area contributed by atoms with Crippen molar-refractivity contribution in [1.82, 2.24) is 9.13 Å². The Labute approximate surface area is 229 Å². The third-order valence-electron chi connectivity index (χ3n) is 8.12. The Morgan fingerprint density at radius 2 is 0.949 bits per heavy atom. The van der Waals surface area contributed by atoms with Crippen LogP contribution in [0.2, 0.25) is 0 Å². The van der Waals surface area contributed by atoms with Gasteiger partial charge in [0.2, 0.25) is 0 Å². The van der Waals surface area contributed by atoms with E-state index in [2.05, 4.69) is 143 Å². The van der Waals surface area contributed by atoms with E-state index < -0.39 is 0 Å². The minimum absolute atomic E-state index is 1.18. The molecular formula is C36H22N2S. The molecule has 2 nitrogen and oxygen atoms in total. The quantitative estimate of drug-likeness (QED) is 0.223. The molecule has 0 amide bonds. The Bertz CT molecular complexity index is 2200. The average molecular weight is 515 g/mol. The number of fused-ring (bicyclic) bond motifs is 8. The van der Waals surface area contributed by atoms with Crippen LogP contribution < -0.4 is 0 Å². The molecular weight excluding hydrogens is 492 g/mol. The van der Waals surface area contributed by atoms with Crippen LogP contribution in [0.3, 0.4) is 0 Å². The third-order valence-corrected chi connectivity index (χ3v) is 9.22. The predicted molar refractivity (Wildman–Crippen MR) is 165 cm³/mol. The first kappa shape index (κ1) is 21.2. The van der Waals surface area contributed by atoms with Crippen LogP contribution in [-0.4, -0.2) is 9.13 Å². The molecule has 9 rings (SSSR count). The van der Waals surface area contributed by atoms with Crippen LogP contribution in [0.25, 0.3) is 66.1 Å². The van der Waals surface area contributed by atoms with Gasteiger partial charge >= 0.3 is 0 Å². The van der Waals surface area contributed by atoms with Gasteiger partial charge in [0.05, 0.1) is 27.8 Å². The second-order valence-corrected chi connectivity index (χ2v) is 11.3. The third kappa shape index (κ3) is 2.88. The van der Waals surface area contributed by atoms with Crippen LogP contribution in [0.15, 0.2) is 143 Å². The van der Waals surface area contributed by atoms with Crippen LogP contribution in [0.4, 0.5) is 0 Å². The van der Waals surface area contributed by atoms with Crippen molar-refractivity contribution in [1.29, 1.82) is 0 Å². The maximum Gasteiger partial charge on any atom is 0.0681 e. The van der Waals surface area contributed by atoms with E-state index in [0.717, 1.165) is 0 Å². The van der Waals surface area contributed by atoms with Gasteiger partial charge < -0.3 is 9.13 Å². The van der Waals surface area contributed by atoms with Crippen LogP contribution in [0, 0.1) is 0 Å². The highest BCUT2D eigenvalue weighted by Crippen LogP contribution is 2.49.